The Morgan fingerprint density at radius 3 is 2.68 bits per heavy atom. The highest BCUT2D eigenvalue weighted by Crippen LogP contribution is 2.16. The van der Waals surface area contributed by atoms with Gasteiger partial charge in [0.2, 0.25) is 0 Å². The number of nitrogens with zero attached hydrogens (tertiary/aromatic N) is 2. The van der Waals surface area contributed by atoms with Crippen LogP contribution in [0.5, 0.6) is 0 Å². The van der Waals surface area contributed by atoms with Crippen LogP contribution in [0.1, 0.15) is 35.5 Å². The first-order valence-electron chi connectivity index (χ1n) is 5.99. The molecule has 1 aliphatic rings. The van der Waals surface area contributed by atoms with Gasteiger partial charge in [-0.3, -0.25) is 14.8 Å². The highest BCUT2D eigenvalue weighted by Gasteiger charge is 2.31. The van der Waals surface area contributed by atoms with Crippen LogP contribution in [0.4, 0.5) is 0 Å². The van der Waals surface area contributed by atoms with Gasteiger partial charge in [0.1, 0.15) is 11.7 Å². The van der Waals surface area contributed by atoms with Crippen molar-refractivity contribution in [3.05, 3.63) is 29.1 Å². The van der Waals surface area contributed by atoms with Crippen LogP contribution >= 0.6 is 0 Å². The second-order valence-electron chi connectivity index (χ2n) is 4.87. The molecular weight excluding hydrogens is 246 g/mol. The van der Waals surface area contributed by atoms with Crippen LogP contribution < -0.4 is 5.32 Å². The van der Waals surface area contributed by atoms with Gasteiger partial charge in [0.25, 0.3) is 5.91 Å². The van der Waals surface area contributed by atoms with E-state index in [0.29, 0.717) is 0 Å². The number of aromatic nitrogens is 1. The van der Waals surface area contributed by atoms with Crippen LogP contribution in [0.3, 0.4) is 0 Å². The molecular formula is C13H15N3O3. The first-order chi connectivity index (χ1) is 8.90. The van der Waals surface area contributed by atoms with E-state index >= 15 is 0 Å². The lowest BCUT2D eigenvalue weighted by molar-refractivity contribution is -0.120. The Morgan fingerprint density at radius 2 is 2.16 bits per heavy atom. The molecule has 19 heavy (non-hydrogen) atoms. The van der Waals surface area contributed by atoms with Gasteiger partial charge in [-0.1, -0.05) is 13.8 Å². The zero-order valence-electron chi connectivity index (χ0n) is 11.0. The van der Waals surface area contributed by atoms with Crippen molar-refractivity contribution in [3.63, 3.8) is 0 Å². The number of aromatic carboxylic acids is 1. The lowest BCUT2D eigenvalue weighted by Gasteiger charge is -2.06. The molecule has 0 saturated carbocycles. The number of aliphatic imine (C=N–C) groups is 1. The summed E-state index contributed by atoms with van der Waals surface area (Å²) in [5.41, 5.74) is 0.990. The van der Waals surface area contributed by atoms with Crippen molar-refractivity contribution in [2.24, 2.45) is 10.9 Å². The Balaban J connectivity index is 2.46. The standard InChI is InChI=1S/C13H15N3O3/c1-6(2)9-12(17)16-11(15-9)10-8(13(18)19)4-7(3)5-14-10/h4-6,9H,1-3H3,(H,18,19)(H,15,16,17). The predicted octanol–water partition coefficient (Wildman–Crippen LogP) is 0.989. The molecule has 1 aromatic rings. The normalized spacial score (nSPS) is 18.4. The number of hydrogen-bond acceptors (Lipinski definition) is 4. The maximum absolute atomic E-state index is 11.7. The van der Waals surface area contributed by atoms with E-state index in [1.807, 2.05) is 13.8 Å². The van der Waals surface area contributed by atoms with E-state index in [0.717, 1.165) is 5.56 Å². The molecule has 0 spiro atoms. The summed E-state index contributed by atoms with van der Waals surface area (Å²) in [6.07, 6.45) is 1.55. The van der Waals surface area contributed by atoms with Crippen molar-refractivity contribution >= 4 is 17.7 Å². The minimum absolute atomic E-state index is 0.0449. The Kier molecular flexibility index (Phi) is 3.33. The maximum Gasteiger partial charge on any atom is 0.338 e. The summed E-state index contributed by atoms with van der Waals surface area (Å²) in [5, 5.41) is 11.8. The fraction of sp³-hybridized carbons (Fsp3) is 0.385. The van der Waals surface area contributed by atoms with E-state index in [2.05, 4.69) is 15.3 Å². The minimum Gasteiger partial charge on any atom is -0.478 e. The molecule has 100 valence electrons. The van der Waals surface area contributed by atoms with Crippen molar-refractivity contribution in [3.8, 4) is 0 Å². The highest BCUT2D eigenvalue weighted by molar-refractivity contribution is 6.16. The summed E-state index contributed by atoms with van der Waals surface area (Å²) in [6.45, 7) is 5.53. The Labute approximate surface area is 110 Å². The maximum atomic E-state index is 11.7. The Hall–Kier alpha value is -2.24. The number of carboxylic acid groups (broad SMARTS) is 1. The van der Waals surface area contributed by atoms with Gasteiger partial charge in [-0.15, -0.1) is 0 Å². The number of carbonyl (C=O) groups excluding carboxylic acids is 1. The zero-order chi connectivity index (χ0) is 14.2. The van der Waals surface area contributed by atoms with Crippen molar-refractivity contribution in [1.29, 1.82) is 0 Å². The van der Waals surface area contributed by atoms with Gasteiger partial charge in [0.05, 0.1) is 5.56 Å². The molecule has 0 aliphatic carbocycles. The smallest absolute Gasteiger partial charge is 0.338 e. The van der Waals surface area contributed by atoms with Gasteiger partial charge < -0.3 is 10.4 Å². The summed E-state index contributed by atoms with van der Waals surface area (Å²) in [6, 6.07) is 1.03. The molecule has 1 aromatic heterocycles. The molecule has 1 unspecified atom stereocenters. The molecule has 6 heteroatoms. The van der Waals surface area contributed by atoms with Gasteiger partial charge in [-0.25, -0.2) is 4.79 Å². The number of pyridine rings is 1. The minimum atomic E-state index is -1.09. The fourth-order valence-electron chi connectivity index (χ4n) is 1.91. The topological polar surface area (TPSA) is 91.7 Å². The number of amides is 1. The fourth-order valence-corrected chi connectivity index (χ4v) is 1.91. The highest BCUT2D eigenvalue weighted by atomic mass is 16.4. The molecule has 1 aliphatic heterocycles. The number of aryl methyl sites for hydroxylation is 1. The molecule has 1 amide bonds. The summed E-state index contributed by atoms with van der Waals surface area (Å²) in [7, 11) is 0. The van der Waals surface area contributed by atoms with Crippen LogP contribution in [0.2, 0.25) is 0 Å². The summed E-state index contributed by atoms with van der Waals surface area (Å²) in [4.78, 5) is 31.3. The van der Waals surface area contributed by atoms with E-state index in [-0.39, 0.29) is 28.9 Å². The second-order valence-corrected chi connectivity index (χ2v) is 4.87. The number of amidine groups is 1. The van der Waals surface area contributed by atoms with Gasteiger partial charge >= 0.3 is 5.97 Å². The van der Waals surface area contributed by atoms with E-state index in [4.69, 9.17) is 0 Å². The number of hydrogen-bond donors (Lipinski definition) is 2. The van der Waals surface area contributed by atoms with Crippen molar-refractivity contribution in [1.82, 2.24) is 10.3 Å². The molecule has 1 atom stereocenters. The predicted molar refractivity (Wildman–Crippen MR) is 69.2 cm³/mol. The molecule has 2 N–H and O–H groups in total. The van der Waals surface area contributed by atoms with E-state index in [1.54, 1.807) is 13.1 Å². The van der Waals surface area contributed by atoms with Crippen LogP contribution in [-0.2, 0) is 4.79 Å². The van der Waals surface area contributed by atoms with Crippen LogP contribution in [0.15, 0.2) is 17.3 Å². The Bertz CT molecular complexity index is 578. The quantitative estimate of drug-likeness (QED) is 0.848. The molecule has 0 aromatic carbocycles. The van der Waals surface area contributed by atoms with Crippen LogP contribution in [0.25, 0.3) is 0 Å². The number of nitrogens with one attached hydrogen (secondary N) is 1. The first kappa shape index (κ1) is 13.2. The first-order valence-corrected chi connectivity index (χ1v) is 5.99. The van der Waals surface area contributed by atoms with E-state index < -0.39 is 12.0 Å². The van der Waals surface area contributed by atoms with Crippen molar-refractivity contribution in [2.45, 2.75) is 26.8 Å². The monoisotopic (exact) mass is 261 g/mol. The largest absolute Gasteiger partial charge is 0.478 e. The van der Waals surface area contributed by atoms with Crippen molar-refractivity contribution < 1.29 is 14.7 Å². The average Bonchev–Trinajstić information content (AvgIpc) is 2.71. The van der Waals surface area contributed by atoms with E-state index in [9.17, 15) is 14.7 Å². The van der Waals surface area contributed by atoms with Gasteiger partial charge in [-0.05, 0) is 24.5 Å². The zero-order valence-corrected chi connectivity index (χ0v) is 11.0. The van der Waals surface area contributed by atoms with Gasteiger partial charge in [0.15, 0.2) is 5.84 Å². The lowest BCUT2D eigenvalue weighted by atomic mass is 10.1. The molecule has 2 rings (SSSR count). The lowest BCUT2D eigenvalue weighted by Crippen LogP contribution is -2.32. The van der Waals surface area contributed by atoms with Gasteiger partial charge in [-0.2, -0.15) is 0 Å². The summed E-state index contributed by atoms with van der Waals surface area (Å²) < 4.78 is 0. The number of carboxylic acids is 1. The molecule has 0 radical (unpaired) electrons. The number of carbonyl (C=O) groups is 2. The third-order valence-electron chi connectivity index (χ3n) is 2.89. The Morgan fingerprint density at radius 1 is 1.47 bits per heavy atom. The van der Waals surface area contributed by atoms with Crippen LogP contribution in [-0.4, -0.2) is 33.8 Å². The number of rotatable bonds is 3. The molecule has 0 saturated heterocycles. The van der Waals surface area contributed by atoms with E-state index in [1.165, 1.54) is 6.07 Å². The van der Waals surface area contributed by atoms with Crippen LogP contribution in [0, 0.1) is 12.8 Å². The third-order valence-corrected chi connectivity index (χ3v) is 2.89. The third kappa shape index (κ3) is 2.47. The molecule has 0 bridgehead atoms. The SMILES string of the molecule is Cc1cnc(C2=NC(C(C)C)C(=O)N2)c(C(=O)O)c1. The van der Waals surface area contributed by atoms with Crippen molar-refractivity contribution in [2.75, 3.05) is 0 Å². The second kappa shape index (κ2) is 4.79. The molecule has 2 heterocycles. The molecule has 0 fully saturated rings. The summed E-state index contributed by atoms with van der Waals surface area (Å²) >= 11 is 0. The van der Waals surface area contributed by atoms with Gasteiger partial charge in [0, 0.05) is 6.20 Å². The average molecular weight is 261 g/mol. The molecule has 6 nitrogen and oxygen atoms in total. The summed E-state index contributed by atoms with van der Waals surface area (Å²) in [5.74, 6) is -1.02.